The van der Waals surface area contributed by atoms with Crippen LogP contribution in [0.5, 0.6) is 0 Å². The maximum Gasteiger partial charge on any atom is 0.0346 e. The van der Waals surface area contributed by atoms with Crippen LogP contribution in [-0.4, -0.2) is 4.98 Å². The molecule has 2 rings (SSSR count). The molecule has 0 unspecified atom stereocenters. The van der Waals surface area contributed by atoms with Crippen molar-refractivity contribution in [1.29, 1.82) is 0 Å². The second-order valence-electron chi connectivity index (χ2n) is 1.84. The first-order valence-electron chi connectivity index (χ1n) is 2.59. The summed E-state index contributed by atoms with van der Waals surface area (Å²) in [6.45, 7) is 0. The Hall–Kier alpha value is -1.11. The number of fused-ring (bicyclic) bond motifs is 1. The summed E-state index contributed by atoms with van der Waals surface area (Å²) in [6.07, 6.45) is 7.82. The summed E-state index contributed by atoms with van der Waals surface area (Å²) < 4.78 is 0. The molecule has 1 aromatic heterocycles. The van der Waals surface area contributed by atoms with Gasteiger partial charge < -0.3 is 0 Å². The minimum Gasteiger partial charge on any atom is -0.264 e. The van der Waals surface area contributed by atoms with Gasteiger partial charge in [-0.05, 0) is 11.3 Å². The number of hydrogen-bond donors (Lipinski definition) is 0. The molecule has 0 radical (unpaired) electrons. The third-order valence-corrected chi connectivity index (χ3v) is 1.33. The SMILES string of the molecule is C1=c2ccncc2=C1. The van der Waals surface area contributed by atoms with E-state index in [0.717, 1.165) is 0 Å². The lowest BCUT2D eigenvalue weighted by Crippen LogP contribution is -2.29. The van der Waals surface area contributed by atoms with E-state index >= 15 is 0 Å². The van der Waals surface area contributed by atoms with Gasteiger partial charge in [0.1, 0.15) is 0 Å². The second-order valence-corrected chi connectivity index (χ2v) is 1.84. The van der Waals surface area contributed by atoms with Crippen LogP contribution in [0.1, 0.15) is 0 Å². The number of hydrogen-bond acceptors (Lipinski definition) is 1. The molecular weight excluding hydrogens is 98.1 g/mol. The highest BCUT2D eigenvalue weighted by Gasteiger charge is 1.87. The van der Waals surface area contributed by atoms with Crippen molar-refractivity contribution in [2.45, 2.75) is 0 Å². The summed E-state index contributed by atoms with van der Waals surface area (Å²) in [6, 6.07) is 2.01. The van der Waals surface area contributed by atoms with Crippen molar-refractivity contribution in [2.24, 2.45) is 0 Å². The lowest BCUT2D eigenvalue weighted by atomic mass is 10.2. The maximum absolute atomic E-state index is 3.95. The van der Waals surface area contributed by atoms with E-state index < -0.39 is 0 Å². The van der Waals surface area contributed by atoms with Crippen LogP contribution in [0, 0.1) is 0 Å². The zero-order valence-corrected chi connectivity index (χ0v) is 4.33. The van der Waals surface area contributed by atoms with E-state index in [1.165, 1.54) is 10.4 Å². The molecule has 0 bridgehead atoms. The van der Waals surface area contributed by atoms with Crippen molar-refractivity contribution in [3.05, 3.63) is 28.9 Å². The van der Waals surface area contributed by atoms with Crippen molar-refractivity contribution >= 4 is 12.2 Å². The molecule has 1 nitrogen and oxygen atoms in total. The Morgan fingerprint density at radius 3 is 2.38 bits per heavy atom. The fourth-order valence-corrected chi connectivity index (χ4v) is 0.792. The smallest absolute Gasteiger partial charge is 0.0346 e. The minimum atomic E-state index is 1.26. The van der Waals surface area contributed by atoms with E-state index in [4.69, 9.17) is 0 Å². The standard InChI is InChI=1S/C7H5N/c1-2-7-5-8-4-3-6(1)7/h1-5H. The lowest BCUT2D eigenvalue weighted by Gasteiger charge is -1.93. The van der Waals surface area contributed by atoms with Gasteiger partial charge in [-0.25, -0.2) is 0 Å². The molecule has 0 fully saturated rings. The summed E-state index contributed by atoms with van der Waals surface area (Å²) >= 11 is 0. The summed E-state index contributed by atoms with van der Waals surface area (Å²) in [4.78, 5) is 3.95. The van der Waals surface area contributed by atoms with Crippen LogP contribution in [0.25, 0.3) is 12.2 Å². The highest BCUT2D eigenvalue weighted by molar-refractivity contribution is 5.67. The first-order valence-corrected chi connectivity index (χ1v) is 2.59. The Labute approximate surface area is 47.0 Å². The monoisotopic (exact) mass is 103 g/mol. The highest BCUT2D eigenvalue weighted by atomic mass is 14.6. The van der Waals surface area contributed by atoms with Crippen LogP contribution >= 0.6 is 0 Å². The molecule has 0 N–H and O–H groups in total. The predicted octanol–water partition coefficient (Wildman–Crippen LogP) is -0.344. The molecule has 0 atom stereocenters. The van der Waals surface area contributed by atoms with Gasteiger partial charge in [-0.2, -0.15) is 0 Å². The summed E-state index contributed by atoms with van der Waals surface area (Å²) in [7, 11) is 0. The average molecular weight is 103 g/mol. The van der Waals surface area contributed by atoms with E-state index in [0.29, 0.717) is 0 Å². The van der Waals surface area contributed by atoms with E-state index in [-0.39, 0.29) is 0 Å². The minimum absolute atomic E-state index is 1.26. The molecule has 8 heavy (non-hydrogen) atoms. The molecule has 38 valence electrons. The van der Waals surface area contributed by atoms with Crippen LogP contribution < -0.4 is 10.4 Å². The largest absolute Gasteiger partial charge is 0.264 e. The number of nitrogens with zero attached hydrogens (tertiary/aromatic N) is 1. The zero-order valence-electron chi connectivity index (χ0n) is 4.33. The van der Waals surface area contributed by atoms with Crippen LogP contribution in [0.2, 0.25) is 0 Å². The van der Waals surface area contributed by atoms with Crippen LogP contribution in [0.3, 0.4) is 0 Å². The van der Waals surface area contributed by atoms with Gasteiger partial charge in [-0.3, -0.25) is 4.98 Å². The third kappa shape index (κ3) is 0.334. The fourth-order valence-electron chi connectivity index (χ4n) is 0.792. The molecule has 1 aliphatic rings. The van der Waals surface area contributed by atoms with Gasteiger partial charge in [0.15, 0.2) is 0 Å². The molecule has 0 spiro atoms. The van der Waals surface area contributed by atoms with Gasteiger partial charge in [0.25, 0.3) is 0 Å². The molecule has 1 aromatic rings. The van der Waals surface area contributed by atoms with Crippen LogP contribution in [0.4, 0.5) is 0 Å². The van der Waals surface area contributed by atoms with Gasteiger partial charge in [0.2, 0.25) is 0 Å². The predicted molar refractivity (Wildman–Crippen MR) is 32.4 cm³/mol. The van der Waals surface area contributed by atoms with Crippen molar-refractivity contribution in [2.75, 3.05) is 0 Å². The van der Waals surface area contributed by atoms with Gasteiger partial charge >= 0.3 is 0 Å². The first kappa shape index (κ1) is 3.84. The molecule has 1 heteroatoms. The van der Waals surface area contributed by atoms with Crippen LogP contribution in [0.15, 0.2) is 18.5 Å². The second kappa shape index (κ2) is 1.19. The Morgan fingerprint density at radius 2 is 2.00 bits per heavy atom. The molecular formula is C7H5N. The van der Waals surface area contributed by atoms with Gasteiger partial charge in [-0.1, -0.05) is 12.2 Å². The number of pyridine rings is 1. The van der Waals surface area contributed by atoms with Gasteiger partial charge in [0, 0.05) is 17.6 Å². The lowest BCUT2D eigenvalue weighted by molar-refractivity contribution is 1.26. The maximum atomic E-state index is 3.95. The molecule has 0 saturated carbocycles. The van der Waals surface area contributed by atoms with E-state index in [1.54, 1.807) is 0 Å². The zero-order chi connectivity index (χ0) is 5.40. The Balaban J connectivity index is 3.01. The average Bonchev–Trinajstić information content (AvgIpc) is 1.72. The molecule has 0 aliphatic heterocycles. The topological polar surface area (TPSA) is 12.9 Å². The van der Waals surface area contributed by atoms with Gasteiger partial charge in [0.05, 0.1) is 0 Å². The quantitative estimate of drug-likeness (QED) is 0.437. The molecule has 1 heterocycles. The number of rotatable bonds is 0. The van der Waals surface area contributed by atoms with Crippen molar-refractivity contribution in [1.82, 2.24) is 4.98 Å². The highest BCUT2D eigenvalue weighted by Crippen LogP contribution is 1.75. The van der Waals surface area contributed by atoms with Crippen molar-refractivity contribution in [3.63, 3.8) is 0 Å². The van der Waals surface area contributed by atoms with E-state index in [1.807, 2.05) is 18.5 Å². The fraction of sp³-hybridized carbons (Fsp3) is 0. The third-order valence-electron chi connectivity index (χ3n) is 1.33. The summed E-state index contributed by atoms with van der Waals surface area (Å²) in [5, 5.41) is 2.56. The first-order chi connectivity index (χ1) is 3.97. The molecule has 0 amide bonds. The molecule has 1 aliphatic carbocycles. The van der Waals surface area contributed by atoms with Gasteiger partial charge in [-0.15, -0.1) is 0 Å². The molecule has 0 aromatic carbocycles. The molecule has 0 saturated heterocycles. The van der Waals surface area contributed by atoms with Crippen molar-refractivity contribution < 1.29 is 0 Å². The summed E-state index contributed by atoms with van der Waals surface area (Å²) in [5.41, 5.74) is 0. The van der Waals surface area contributed by atoms with E-state index in [9.17, 15) is 0 Å². The van der Waals surface area contributed by atoms with Crippen molar-refractivity contribution in [3.8, 4) is 0 Å². The normalized spacial score (nSPS) is 12.5. The van der Waals surface area contributed by atoms with E-state index in [2.05, 4.69) is 17.1 Å². The Kier molecular flexibility index (Phi) is 0.570. The van der Waals surface area contributed by atoms with Crippen LogP contribution in [-0.2, 0) is 0 Å². The summed E-state index contributed by atoms with van der Waals surface area (Å²) in [5.74, 6) is 0. The number of aromatic nitrogens is 1. The Morgan fingerprint density at radius 1 is 1.12 bits per heavy atom. The Bertz CT molecular complexity index is 278.